The molecule has 0 fully saturated rings. The average Bonchev–Trinajstić information content (AvgIpc) is 3.30. The van der Waals surface area contributed by atoms with E-state index >= 15 is 0 Å². The lowest BCUT2D eigenvalue weighted by molar-refractivity contribution is 0.0944. The number of carbonyl (C=O) groups excluding carboxylic acids is 1. The van der Waals surface area contributed by atoms with Crippen molar-refractivity contribution in [3.8, 4) is 22.6 Å². The zero-order valence-corrected chi connectivity index (χ0v) is 22.2. The highest BCUT2D eigenvalue weighted by molar-refractivity contribution is 14.1. The minimum Gasteiger partial charge on any atom is -0.497 e. The molecule has 35 heavy (non-hydrogen) atoms. The summed E-state index contributed by atoms with van der Waals surface area (Å²) in [6.45, 7) is 3.91. The van der Waals surface area contributed by atoms with Crippen molar-refractivity contribution in [2.24, 2.45) is 0 Å². The molecule has 9 heteroatoms. The van der Waals surface area contributed by atoms with E-state index in [9.17, 15) is 9.59 Å². The van der Waals surface area contributed by atoms with Gasteiger partial charge in [-0.15, -0.1) is 0 Å². The first-order valence-electron chi connectivity index (χ1n) is 11.2. The second kappa shape index (κ2) is 10.5. The molecule has 0 saturated heterocycles. The van der Waals surface area contributed by atoms with E-state index in [0.29, 0.717) is 22.7 Å². The largest absolute Gasteiger partial charge is 0.497 e. The van der Waals surface area contributed by atoms with Crippen molar-refractivity contribution in [3.63, 3.8) is 0 Å². The molecule has 1 amide bonds. The number of alkyl halides is 1. The number of halogens is 1. The molecular weight excluding hydrogens is 559 g/mol. The van der Waals surface area contributed by atoms with Gasteiger partial charge in [0.1, 0.15) is 23.5 Å². The molecule has 0 spiro atoms. The number of hydrogen-bond donors (Lipinski definition) is 2. The zero-order valence-electron chi connectivity index (χ0n) is 20.0. The smallest absolute Gasteiger partial charge is 0.268 e. The number of benzene rings is 1. The predicted molar refractivity (Wildman–Crippen MR) is 144 cm³/mol. The standard InChI is InChI=1S/C26H27IN4O4/c1-5-20(27)24-21-11-17(16-6-8-18(34-3)9-7-16)12-22(31(21)14-29-24)26(33)28-13-19-23(35-4)10-15(2)30-25(19)32/h6-12,14,20H,5,13H2,1-4H3,(H,28,33)(H,30,32). The van der Waals surface area contributed by atoms with Crippen molar-refractivity contribution >= 4 is 34.0 Å². The van der Waals surface area contributed by atoms with Gasteiger partial charge in [0, 0.05) is 5.69 Å². The van der Waals surface area contributed by atoms with Crippen LogP contribution in [0.1, 0.15) is 44.7 Å². The van der Waals surface area contributed by atoms with Crippen molar-refractivity contribution < 1.29 is 14.3 Å². The van der Waals surface area contributed by atoms with Crippen LogP contribution in [0.15, 0.2) is 53.6 Å². The van der Waals surface area contributed by atoms with E-state index < -0.39 is 0 Å². The normalized spacial score (nSPS) is 11.9. The minimum absolute atomic E-state index is 0.0251. The summed E-state index contributed by atoms with van der Waals surface area (Å²) in [5, 5.41) is 2.88. The Morgan fingerprint density at radius 1 is 1.14 bits per heavy atom. The highest BCUT2D eigenvalue weighted by Crippen LogP contribution is 2.32. The van der Waals surface area contributed by atoms with Gasteiger partial charge < -0.3 is 19.8 Å². The Bertz CT molecular complexity index is 1430. The number of nitrogens with zero attached hydrogens (tertiary/aromatic N) is 2. The van der Waals surface area contributed by atoms with Gasteiger partial charge in [-0.2, -0.15) is 0 Å². The Labute approximate surface area is 216 Å². The summed E-state index contributed by atoms with van der Waals surface area (Å²) in [5.41, 5.74) is 4.81. The summed E-state index contributed by atoms with van der Waals surface area (Å²) in [7, 11) is 3.13. The summed E-state index contributed by atoms with van der Waals surface area (Å²) in [6.07, 6.45) is 2.59. The number of fused-ring (bicyclic) bond motifs is 1. The third-order valence-electron chi connectivity index (χ3n) is 5.86. The van der Waals surface area contributed by atoms with E-state index in [-0.39, 0.29) is 21.9 Å². The zero-order chi connectivity index (χ0) is 25.1. The molecule has 1 atom stereocenters. The van der Waals surface area contributed by atoms with Crippen LogP contribution in [0.2, 0.25) is 0 Å². The van der Waals surface area contributed by atoms with Crippen LogP contribution in [-0.2, 0) is 6.54 Å². The molecule has 2 N–H and O–H groups in total. The van der Waals surface area contributed by atoms with E-state index in [4.69, 9.17) is 9.47 Å². The quantitative estimate of drug-likeness (QED) is 0.228. The Morgan fingerprint density at radius 3 is 2.54 bits per heavy atom. The van der Waals surface area contributed by atoms with Crippen LogP contribution in [0.3, 0.4) is 0 Å². The van der Waals surface area contributed by atoms with E-state index in [1.165, 1.54) is 7.11 Å². The third kappa shape index (κ3) is 5.04. The third-order valence-corrected chi connectivity index (χ3v) is 7.34. The number of imidazole rings is 1. The van der Waals surface area contributed by atoms with Crippen LogP contribution in [-0.4, -0.2) is 34.5 Å². The first kappa shape index (κ1) is 24.8. The van der Waals surface area contributed by atoms with Crippen molar-refractivity contribution in [1.29, 1.82) is 0 Å². The molecule has 4 rings (SSSR count). The summed E-state index contributed by atoms with van der Waals surface area (Å²) in [5.74, 6) is 0.871. The lowest BCUT2D eigenvalue weighted by atomic mass is 10.0. The molecular formula is C26H27IN4O4. The van der Waals surface area contributed by atoms with Crippen molar-refractivity contribution in [2.75, 3.05) is 14.2 Å². The van der Waals surface area contributed by atoms with Gasteiger partial charge in [-0.05, 0) is 54.8 Å². The van der Waals surface area contributed by atoms with Crippen LogP contribution in [0.25, 0.3) is 16.6 Å². The molecule has 182 valence electrons. The van der Waals surface area contributed by atoms with E-state index in [2.05, 4.69) is 50.9 Å². The fourth-order valence-electron chi connectivity index (χ4n) is 3.97. The van der Waals surface area contributed by atoms with Crippen LogP contribution in [0, 0.1) is 6.92 Å². The second-order valence-electron chi connectivity index (χ2n) is 8.13. The number of aromatic nitrogens is 3. The highest BCUT2D eigenvalue weighted by atomic mass is 127. The number of amides is 1. The number of pyridine rings is 2. The Hall–Kier alpha value is -3.34. The number of ether oxygens (including phenoxy) is 2. The molecule has 0 radical (unpaired) electrons. The number of rotatable bonds is 8. The fourth-order valence-corrected chi connectivity index (χ4v) is 4.45. The first-order chi connectivity index (χ1) is 16.9. The van der Waals surface area contributed by atoms with Crippen molar-refractivity contribution in [2.45, 2.75) is 30.7 Å². The van der Waals surface area contributed by atoms with Gasteiger partial charge in [-0.1, -0.05) is 41.6 Å². The molecule has 4 aromatic rings. The molecule has 0 aliphatic carbocycles. The highest BCUT2D eigenvalue weighted by Gasteiger charge is 2.20. The number of methoxy groups -OCH3 is 2. The van der Waals surface area contributed by atoms with Gasteiger partial charge in [0.15, 0.2) is 0 Å². The molecule has 0 bridgehead atoms. The molecule has 0 aliphatic heterocycles. The minimum atomic E-state index is -0.321. The number of H-pyrrole nitrogens is 1. The molecule has 3 aromatic heterocycles. The summed E-state index contributed by atoms with van der Waals surface area (Å²) in [6, 6.07) is 13.3. The second-order valence-corrected chi connectivity index (χ2v) is 9.63. The van der Waals surface area contributed by atoms with E-state index in [1.807, 2.05) is 30.3 Å². The summed E-state index contributed by atoms with van der Waals surface area (Å²) >= 11 is 2.37. The van der Waals surface area contributed by atoms with Crippen LogP contribution in [0.4, 0.5) is 0 Å². The predicted octanol–water partition coefficient (Wildman–Crippen LogP) is 4.83. The van der Waals surface area contributed by atoms with E-state index in [0.717, 1.165) is 34.5 Å². The number of hydrogen-bond acceptors (Lipinski definition) is 5. The van der Waals surface area contributed by atoms with Gasteiger partial charge in [0.25, 0.3) is 11.5 Å². The summed E-state index contributed by atoms with van der Waals surface area (Å²) in [4.78, 5) is 33.3. The Kier molecular flexibility index (Phi) is 7.44. The van der Waals surface area contributed by atoms with Crippen molar-refractivity contribution in [1.82, 2.24) is 19.7 Å². The van der Waals surface area contributed by atoms with Crippen LogP contribution >= 0.6 is 22.6 Å². The maximum atomic E-state index is 13.4. The monoisotopic (exact) mass is 586 g/mol. The van der Waals surface area contributed by atoms with Gasteiger partial charge in [0.05, 0.1) is 41.5 Å². The van der Waals surface area contributed by atoms with Gasteiger partial charge in [0.2, 0.25) is 0 Å². The number of carbonyl (C=O) groups is 1. The molecule has 0 aliphatic rings. The molecule has 0 saturated carbocycles. The van der Waals surface area contributed by atoms with Crippen LogP contribution in [0.5, 0.6) is 11.5 Å². The van der Waals surface area contributed by atoms with E-state index in [1.54, 1.807) is 30.8 Å². The topological polar surface area (TPSA) is 97.7 Å². The molecule has 1 aromatic carbocycles. The molecule has 3 heterocycles. The number of aryl methyl sites for hydroxylation is 1. The number of aromatic amines is 1. The van der Waals surface area contributed by atoms with Crippen LogP contribution < -0.4 is 20.3 Å². The fraction of sp³-hybridized carbons (Fsp3) is 0.269. The van der Waals surface area contributed by atoms with Gasteiger partial charge in [-0.25, -0.2) is 4.98 Å². The maximum absolute atomic E-state index is 13.4. The van der Waals surface area contributed by atoms with Gasteiger partial charge >= 0.3 is 0 Å². The Morgan fingerprint density at radius 2 is 1.89 bits per heavy atom. The van der Waals surface area contributed by atoms with Gasteiger partial charge in [-0.3, -0.25) is 14.0 Å². The average molecular weight is 586 g/mol. The summed E-state index contributed by atoms with van der Waals surface area (Å²) < 4.78 is 12.6. The SMILES string of the molecule is CCC(I)c1ncn2c(C(=O)NCc3c(OC)cc(C)[nH]c3=O)cc(-c3ccc(OC)cc3)cc12. The lowest BCUT2D eigenvalue weighted by Crippen LogP contribution is -2.28. The first-order valence-corrected chi connectivity index (χ1v) is 12.4. The molecule has 1 unspecified atom stereocenters. The molecule has 8 nitrogen and oxygen atoms in total. The number of nitrogens with one attached hydrogen (secondary N) is 2. The van der Waals surface area contributed by atoms with Crippen molar-refractivity contribution in [3.05, 3.63) is 81.8 Å². The lowest BCUT2D eigenvalue weighted by Gasteiger charge is -2.13. The Balaban J connectivity index is 1.76. The maximum Gasteiger partial charge on any atom is 0.268 e.